The van der Waals surface area contributed by atoms with Crippen LogP contribution >= 0.6 is 0 Å². The molecule has 19 heavy (non-hydrogen) atoms. The Hall–Kier alpha value is -1.09. The first-order valence-corrected chi connectivity index (χ1v) is 7.50. The molecule has 1 atom stereocenters. The monoisotopic (exact) mass is 263 g/mol. The topological polar surface area (TPSA) is 28.2 Å². The van der Waals surface area contributed by atoms with Crippen molar-refractivity contribution in [2.75, 3.05) is 18.0 Å². The van der Waals surface area contributed by atoms with Gasteiger partial charge < -0.3 is 10.2 Å². The van der Waals surface area contributed by atoms with Gasteiger partial charge in [-0.15, -0.1) is 0 Å². The predicted octanol–water partition coefficient (Wildman–Crippen LogP) is 3.45. The Kier molecular flexibility index (Phi) is 6.85. The van der Waals surface area contributed by atoms with Gasteiger partial charge in [0, 0.05) is 31.0 Å². The Balaban J connectivity index is 2.69. The number of pyridine rings is 1. The Bertz CT molecular complexity index is 363. The average molecular weight is 263 g/mol. The molecule has 0 aliphatic heterocycles. The van der Waals surface area contributed by atoms with E-state index in [2.05, 4.69) is 62.0 Å². The van der Waals surface area contributed by atoms with Gasteiger partial charge in [0.05, 0.1) is 5.69 Å². The molecular formula is C16H29N3. The van der Waals surface area contributed by atoms with E-state index < -0.39 is 0 Å². The minimum absolute atomic E-state index is 0.573. The lowest BCUT2D eigenvalue weighted by Gasteiger charge is -2.29. The van der Waals surface area contributed by atoms with Gasteiger partial charge in [0.25, 0.3) is 0 Å². The molecule has 1 aromatic rings. The zero-order valence-corrected chi connectivity index (χ0v) is 13.1. The number of rotatable bonds is 8. The van der Waals surface area contributed by atoms with Gasteiger partial charge in [-0.05, 0) is 44.9 Å². The van der Waals surface area contributed by atoms with Gasteiger partial charge in [-0.3, -0.25) is 4.98 Å². The fourth-order valence-corrected chi connectivity index (χ4v) is 2.20. The molecule has 0 aromatic carbocycles. The lowest BCUT2D eigenvalue weighted by molar-refractivity contribution is 0.548. The van der Waals surface area contributed by atoms with E-state index in [-0.39, 0.29) is 0 Å². The third-order valence-corrected chi connectivity index (χ3v) is 3.45. The minimum atomic E-state index is 0.573. The van der Waals surface area contributed by atoms with E-state index in [1.54, 1.807) is 0 Å². The number of hydrogen-bond donors (Lipinski definition) is 1. The Morgan fingerprint density at radius 3 is 2.58 bits per heavy atom. The van der Waals surface area contributed by atoms with Crippen LogP contribution in [0, 0.1) is 5.92 Å². The summed E-state index contributed by atoms with van der Waals surface area (Å²) in [7, 11) is 0. The molecule has 1 heterocycles. The molecule has 0 saturated carbocycles. The van der Waals surface area contributed by atoms with Crippen molar-refractivity contribution < 1.29 is 0 Å². The van der Waals surface area contributed by atoms with Crippen LogP contribution in [0.5, 0.6) is 0 Å². The first-order valence-electron chi connectivity index (χ1n) is 7.50. The lowest BCUT2D eigenvalue weighted by Crippen LogP contribution is -2.32. The number of aromatic nitrogens is 1. The molecule has 0 aliphatic rings. The van der Waals surface area contributed by atoms with Gasteiger partial charge >= 0.3 is 0 Å². The molecule has 0 fully saturated rings. The molecule has 3 heteroatoms. The molecule has 0 bridgehead atoms. The van der Waals surface area contributed by atoms with Crippen LogP contribution < -0.4 is 10.2 Å². The van der Waals surface area contributed by atoms with Crippen molar-refractivity contribution in [3.63, 3.8) is 0 Å². The standard InChI is InChI=1S/C16H29N3/c1-6-14(5)19(7-2)16-8-9-18-15(10-16)12-17-11-13(3)4/h8-10,13-14,17H,6-7,11-12H2,1-5H3. The summed E-state index contributed by atoms with van der Waals surface area (Å²) in [5.74, 6) is 0.676. The maximum Gasteiger partial charge on any atom is 0.0562 e. The van der Waals surface area contributed by atoms with Gasteiger partial charge in [-0.1, -0.05) is 20.8 Å². The molecular weight excluding hydrogens is 234 g/mol. The van der Waals surface area contributed by atoms with Crippen molar-refractivity contribution in [2.45, 2.75) is 53.6 Å². The summed E-state index contributed by atoms with van der Waals surface area (Å²) in [6.45, 7) is 14.1. The smallest absolute Gasteiger partial charge is 0.0562 e. The third kappa shape index (κ3) is 5.19. The third-order valence-electron chi connectivity index (χ3n) is 3.45. The van der Waals surface area contributed by atoms with E-state index in [1.165, 1.54) is 5.69 Å². The molecule has 0 radical (unpaired) electrons. The van der Waals surface area contributed by atoms with E-state index in [0.29, 0.717) is 12.0 Å². The van der Waals surface area contributed by atoms with Crippen molar-refractivity contribution in [1.82, 2.24) is 10.3 Å². The summed E-state index contributed by atoms with van der Waals surface area (Å²) in [6, 6.07) is 4.90. The van der Waals surface area contributed by atoms with Gasteiger partial charge in [-0.25, -0.2) is 0 Å². The maximum absolute atomic E-state index is 4.45. The largest absolute Gasteiger partial charge is 0.369 e. The molecule has 108 valence electrons. The Morgan fingerprint density at radius 1 is 1.26 bits per heavy atom. The summed E-state index contributed by atoms with van der Waals surface area (Å²) in [4.78, 5) is 6.89. The molecule has 1 unspecified atom stereocenters. The van der Waals surface area contributed by atoms with Crippen molar-refractivity contribution in [2.24, 2.45) is 5.92 Å². The van der Waals surface area contributed by atoms with E-state index in [1.807, 2.05) is 6.20 Å². The average Bonchev–Trinajstić information content (AvgIpc) is 2.39. The van der Waals surface area contributed by atoms with Crippen molar-refractivity contribution in [1.29, 1.82) is 0 Å². The Morgan fingerprint density at radius 2 is 2.00 bits per heavy atom. The second-order valence-corrected chi connectivity index (χ2v) is 5.57. The molecule has 0 aliphatic carbocycles. The number of hydrogen-bond acceptors (Lipinski definition) is 3. The van der Waals surface area contributed by atoms with Crippen LogP contribution in [0.25, 0.3) is 0 Å². The molecule has 0 amide bonds. The fraction of sp³-hybridized carbons (Fsp3) is 0.688. The van der Waals surface area contributed by atoms with Crippen LogP contribution in [0.1, 0.15) is 46.7 Å². The quantitative estimate of drug-likeness (QED) is 0.778. The van der Waals surface area contributed by atoms with Crippen LogP contribution in [-0.2, 0) is 6.54 Å². The number of anilines is 1. The minimum Gasteiger partial charge on any atom is -0.369 e. The van der Waals surface area contributed by atoms with Gasteiger partial charge in [0.1, 0.15) is 0 Å². The zero-order valence-electron chi connectivity index (χ0n) is 13.1. The lowest BCUT2D eigenvalue weighted by atomic mass is 10.2. The van der Waals surface area contributed by atoms with Gasteiger partial charge in [0.15, 0.2) is 0 Å². The first-order chi connectivity index (χ1) is 9.08. The SMILES string of the molecule is CCC(C)N(CC)c1ccnc(CNCC(C)C)c1. The zero-order chi connectivity index (χ0) is 14.3. The Labute approximate surface area is 118 Å². The summed E-state index contributed by atoms with van der Waals surface area (Å²) in [6.07, 6.45) is 3.09. The molecule has 1 N–H and O–H groups in total. The first kappa shape index (κ1) is 16.0. The fourth-order valence-electron chi connectivity index (χ4n) is 2.20. The normalized spacial score (nSPS) is 12.7. The highest BCUT2D eigenvalue weighted by Crippen LogP contribution is 2.18. The second-order valence-electron chi connectivity index (χ2n) is 5.57. The predicted molar refractivity (Wildman–Crippen MR) is 83.6 cm³/mol. The number of nitrogens with zero attached hydrogens (tertiary/aromatic N) is 2. The number of nitrogens with one attached hydrogen (secondary N) is 1. The van der Waals surface area contributed by atoms with Crippen LogP contribution in [0.4, 0.5) is 5.69 Å². The molecule has 1 rings (SSSR count). The second kappa shape index (κ2) is 8.16. The van der Waals surface area contributed by atoms with E-state index in [0.717, 1.165) is 31.7 Å². The van der Waals surface area contributed by atoms with E-state index in [4.69, 9.17) is 0 Å². The molecule has 0 saturated heterocycles. The molecule has 1 aromatic heterocycles. The highest BCUT2D eigenvalue weighted by atomic mass is 15.1. The highest BCUT2D eigenvalue weighted by Gasteiger charge is 2.11. The van der Waals surface area contributed by atoms with Crippen LogP contribution in [0.15, 0.2) is 18.3 Å². The van der Waals surface area contributed by atoms with Crippen LogP contribution in [0.2, 0.25) is 0 Å². The maximum atomic E-state index is 4.45. The summed E-state index contributed by atoms with van der Waals surface area (Å²) in [5.41, 5.74) is 2.41. The summed E-state index contributed by atoms with van der Waals surface area (Å²) in [5, 5.41) is 3.45. The van der Waals surface area contributed by atoms with E-state index in [9.17, 15) is 0 Å². The highest BCUT2D eigenvalue weighted by molar-refractivity contribution is 5.47. The van der Waals surface area contributed by atoms with Crippen molar-refractivity contribution in [3.8, 4) is 0 Å². The van der Waals surface area contributed by atoms with Crippen molar-refractivity contribution >= 4 is 5.69 Å². The van der Waals surface area contributed by atoms with Gasteiger partial charge in [-0.2, -0.15) is 0 Å². The van der Waals surface area contributed by atoms with E-state index >= 15 is 0 Å². The van der Waals surface area contributed by atoms with Gasteiger partial charge in [0.2, 0.25) is 0 Å². The molecule has 3 nitrogen and oxygen atoms in total. The van der Waals surface area contributed by atoms with Crippen molar-refractivity contribution in [3.05, 3.63) is 24.0 Å². The van der Waals surface area contributed by atoms with Crippen LogP contribution in [0.3, 0.4) is 0 Å². The summed E-state index contributed by atoms with van der Waals surface area (Å²) >= 11 is 0. The molecule has 0 spiro atoms. The summed E-state index contributed by atoms with van der Waals surface area (Å²) < 4.78 is 0. The van der Waals surface area contributed by atoms with Crippen LogP contribution in [-0.4, -0.2) is 24.1 Å².